The van der Waals surface area contributed by atoms with Crippen LogP contribution in [0.25, 0.3) is 0 Å². The molecule has 0 aromatic heterocycles. The van der Waals surface area contributed by atoms with E-state index in [1.54, 1.807) is 13.8 Å². The Kier molecular flexibility index (Phi) is 8.64. The van der Waals surface area contributed by atoms with Crippen molar-refractivity contribution in [1.29, 1.82) is 0 Å². The molecule has 1 aliphatic heterocycles. The van der Waals surface area contributed by atoms with Gasteiger partial charge in [0, 0.05) is 11.8 Å². The summed E-state index contributed by atoms with van der Waals surface area (Å²) in [6, 6.07) is 0. The maximum absolute atomic E-state index is 10.1. The predicted molar refractivity (Wildman–Crippen MR) is 80.9 cm³/mol. The van der Waals surface area contributed by atoms with Crippen LogP contribution >= 0.6 is 11.6 Å². The van der Waals surface area contributed by atoms with Crippen LogP contribution in [-0.4, -0.2) is 80.6 Å². The van der Waals surface area contributed by atoms with Crippen molar-refractivity contribution < 1.29 is 40.0 Å². The number of hydrogen-bond donors (Lipinski definition) is 5. The Hall–Kier alpha value is -0.0300. The van der Waals surface area contributed by atoms with Crippen LogP contribution in [0.4, 0.5) is 0 Å². The van der Waals surface area contributed by atoms with E-state index in [2.05, 4.69) is 4.89 Å². The van der Waals surface area contributed by atoms with E-state index >= 15 is 0 Å². The van der Waals surface area contributed by atoms with E-state index in [0.717, 1.165) is 0 Å². The summed E-state index contributed by atoms with van der Waals surface area (Å²) < 4.78 is 11.1. The Bertz CT molecular complexity index is 337. The average molecular weight is 359 g/mol. The van der Waals surface area contributed by atoms with E-state index in [4.69, 9.17) is 26.3 Å². The summed E-state index contributed by atoms with van der Waals surface area (Å²) in [4.78, 5) is 4.29. The van der Waals surface area contributed by atoms with Crippen LogP contribution in [0.3, 0.4) is 0 Å². The van der Waals surface area contributed by atoms with Crippen molar-refractivity contribution in [3.63, 3.8) is 0 Å². The van der Waals surface area contributed by atoms with Crippen molar-refractivity contribution in [3.05, 3.63) is 0 Å². The van der Waals surface area contributed by atoms with Gasteiger partial charge in [-0.15, -0.1) is 11.6 Å². The molecular formula is C14H27ClO8. The molecule has 1 saturated heterocycles. The summed E-state index contributed by atoms with van der Waals surface area (Å²) in [6.07, 6.45) is -8.77. The van der Waals surface area contributed by atoms with Crippen molar-refractivity contribution >= 4 is 11.6 Å². The summed E-state index contributed by atoms with van der Waals surface area (Å²) in [5.41, 5.74) is 0. The van der Waals surface area contributed by atoms with Gasteiger partial charge in [0.15, 0.2) is 6.29 Å². The Morgan fingerprint density at radius 1 is 1.22 bits per heavy atom. The molecule has 9 unspecified atom stereocenters. The van der Waals surface area contributed by atoms with Gasteiger partial charge >= 0.3 is 0 Å². The normalized spacial score (nSPS) is 37.2. The Morgan fingerprint density at radius 3 is 2.26 bits per heavy atom. The number of halogens is 1. The Labute approximate surface area is 140 Å². The fourth-order valence-corrected chi connectivity index (χ4v) is 2.90. The second kappa shape index (κ2) is 9.45. The van der Waals surface area contributed by atoms with Crippen LogP contribution < -0.4 is 0 Å². The molecule has 8 nitrogen and oxygen atoms in total. The third-order valence-electron chi connectivity index (χ3n) is 4.24. The highest BCUT2D eigenvalue weighted by Crippen LogP contribution is 2.29. The zero-order valence-corrected chi connectivity index (χ0v) is 14.2. The molecule has 0 saturated carbocycles. The maximum atomic E-state index is 10.1. The molecular weight excluding hydrogens is 332 g/mol. The molecule has 0 aliphatic carbocycles. The highest BCUT2D eigenvalue weighted by Gasteiger charge is 2.45. The largest absolute Gasteiger partial charge is 0.391 e. The minimum Gasteiger partial charge on any atom is -0.391 e. The second-order valence-corrected chi connectivity index (χ2v) is 6.23. The van der Waals surface area contributed by atoms with Crippen LogP contribution in [0.15, 0.2) is 0 Å². The van der Waals surface area contributed by atoms with Crippen molar-refractivity contribution in [2.75, 3.05) is 5.88 Å². The highest BCUT2D eigenvalue weighted by atomic mass is 35.5. The van der Waals surface area contributed by atoms with Gasteiger partial charge in [-0.05, 0) is 13.3 Å². The van der Waals surface area contributed by atoms with E-state index in [1.807, 2.05) is 0 Å². The molecule has 9 heteroatoms. The van der Waals surface area contributed by atoms with Crippen LogP contribution in [0.1, 0.15) is 27.2 Å². The van der Waals surface area contributed by atoms with Crippen molar-refractivity contribution in [1.82, 2.24) is 0 Å². The third kappa shape index (κ3) is 4.97. The molecule has 138 valence electrons. The van der Waals surface area contributed by atoms with Gasteiger partial charge in [0.05, 0.1) is 18.3 Å². The molecule has 0 bridgehead atoms. The fraction of sp³-hybridized carbons (Fsp3) is 1.00. The second-order valence-electron chi connectivity index (χ2n) is 5.92. The summed E-state index contributed by atoms with van der Waals surface area (Å²) in [5, 5.41) is 48.8. The number of alkyl halides is 1. The highest BCUT2D eigenvalue weighted by molar-refractivity contribution is 6.18. The quantitative estimate of drug-likeness (QED) is 0.227. The van der Waals surface area contributed by atoms with Gasteiger partial charge < -0.3 is 29.9 Å². The summed E-state index contributed by atoms with van der Waals surface area (Å²) >= 11 is 5.79. The smallest absolute Gasteiger partial charge is 0.186 e. The van der Waals surface area contributed by atoms with Crippen LogP contribution in [0.5, 0.6) is 0 Å². The summed E-state index contributed by atoms with van der Waals surface area (Å²) in [5.74, 6) is -0.319. The van der Waals surface area contributed by atoms with Gasteiger partial charge in [-0.3, -0.25) is 5.26 Å². The average Bonchev–Trinajstić information content (AvgIpc) is 2.54. The SMILES string of the molecule is CCC(OO)C(OC1OC(CCl)C(C)C(O)C1O)C(O)C(C)O. The molecule has 0 spiro atoms. The van der Waals surface area contributed by atoms with Gasteiger partial charge in [-0.2, -0.15) is 0 Å². The zero-order chi connectivity index (χ0) is 17.7. The molecule has 23 heavy (non-hydrogen) atoms. The molecule has 0 aromatic carbocycles. The van der Waals surface area contributed by atoms with Crippen LogP contribution in [-0.2, 0) is 14.4 Å². The molecule has 9 atom stereocenters. The Balaban J connectivity index is 2.92. The lowest BCUT2D eigenvalue weighted by molar-refractivity contribution is -0.349. The van der Waals surface area contributed by atoms with E-state index in [-0.39, 0.29) is 12.3 Å². The van der Waals surface area contributed by atoms with E-state index < -0.39 is 54.9 Å². The molecule has 5 N–H and O–H groups in total. The Morgan fingerprint density at radius 2 is 1.83 bits per heavy atom. The minimum absolute atomic E-state index is 0.0855. The first-order valence-electron chi connectivity index (χ1n) is 7.67. The number of aliphatic hydroxyl groups excluding tert-OH is 4. The van der Waals surface area contributed by atoms with Crippen LogP contribution in [0, 0.1) is 5.92 Å². The van der Waals surface area contributed by atoms with Crippen LogP contribution in [0.2, 0.25) is 0 Å². The van der Waals surface area contributed by atoms with Gasteiger partial charge in [0.25, 0.3) is 0 Å². The van der Waals surface area contributed by atoms with Gasteiger partial charge in [0.2, 0.25) is 0 Å². The number of ether oxygens (including phenoxy) is 2. The first kappa shape index (κ1) is 21.0. The molecule has 1 rings (SSSR count). The van der Waals surface area contributed by atoms with Gasteiger partial charge in [-0.25, -0.2) is 4.89 Å². The van der Waals surface area contributed by atoms with Gasteiger partial charge in [-0.1, -0.05) is 13.8 Å². The number of rotatable bonds is 8. The number of hydrogen-bond acceptors (Lipinski definition) is 8. The van der Waals surface area contributed by atoms with Crippen molar-refractivity contribution in [2.45, 2.75) is 76.2 Å². The molecule has 1 fully saturated rings. The molecule has 1 aliphatic rings. The zero-order valence-electron chi connectivity index (χ0n) is 13.4. The fourth-order valence-electron chi connectivity index (χ4n) is 2.54. The molecule has 0 aromatic rings. The van der Waals surface area contributed by atoms with Gasteiger partial charge in [0.1, 0.15) is 24.4 Å². The van der Waals surface area contributed by atoms with Crippen molar-refractivity contribution in [2.24, 2.45) is 5.92 Å². The molecule has 0 radical (unpaired) electrons. The van der Waals surface area contributed by atoms with E-state index in [1.165, 1.54) is 6.92 Å². The maximum Gasteiger partial charge on any atom is 0.186 e. The lowest BCUT2D eigenvalue weighted by atomic mass is 9.91. The topological polar surface area (TPSA) is 129 Å². The lowest BCUT2D eigenvalue weighted by Gasteiger charge is -2.43. The summed E-state index contributed by atoms with van der Waals surface area (Å²) in [7, 11) is 0. The van der Waals surface area contributed by atoms with E-state index in [0.29, 0.717) is 0 Å². The monoisotopic (exact) mass is 358 g/mol. The van der Waals surface area contributed by atoms with E-state index in [9.17, 15) is 20.4 Å². The molecule has 1 heterocycles. The summed E-state index contributed by atoms with van der Waals surface area (Å²) in [6.45, 7) is 4.72. The molecule has 0 amide bonds. The lowest BCUT2D eigenvalue weighted by Crippen LogP contribution is -2.58. The third-order valence-corrected chi connectivity index (χ3v) is 4.55. The minimum atomic E-state index is -1.39. The van der Waals surface area contributed by atoms with Crippen molar-refractivity contribution in [3.8, 4) is 0 Å². The number of aliphatic hydroxyl groups is 4. The standard InChI is InChI=1S/C14H27ClO8/c1-4-8(23-20)13(11(18)7(3)16)22-14-12(19)10(17)6(2)9(5-15)21-14/h6-14,16-20H,4-5H2,1-3H3. The first-order valence-corrected chi connectivity index (χ1v) is 8.21. The predicted octanol–water partition coefficient (Wildman–Crippen LogP) is -0.297. The first-order chi connectivity index (χ1) is 10.8.